The molecule has 1 aromatic carbocycles. The van der Waals surface area contributed by atoms with Crippen LogP contribution in [-0.4, -0.2) is 53.7 Å². The van der Waals surface area contributed by atoms with Crippen molar-refractivity contribution in [1.29, 1.82) is 0 Å². The molecule has 0 unspecified atom stereocenters. The first kappa shape index (κ1) is 28.5. The average molecular weight is 536 g/mol. The van der Waals surface area contributed by atoms with Crippen LogP contribution in [-0.2, 0) is 40.4 Å². The third-order valence-corrected chi connectivity index (χ3v) is 7.16. The highest BCUT2D eigenvalue weighted by Crippen LogP contribution is 2.31. The molecule has 11 heteroatoms. The van der Waals surface area contributed by atoms with E-state index in [4.69, 9.17) is 9.72 Å². The Bertz CT molecular complexity index is 1310. The van der Waals surface area contributed by atoms with Gasteiger partial charge < -0.3 is 20.7 Å². The van der Waals surface area contributed by atoms with Crippen LogP contribution >= 0.6 is 0 Å². The van der Waals surface area contributed by atoms with E-state index in [0.29, 0.717) is 25.0 Å². The van der Waals surface area contributed by atoms with E-state index in [9.17, 15) is 14.0 Å². The number of ether oxygens (including phenoxy) is 1. The molecule has 39 heavy (non-hydrogen) atoms. The van der Waals surface area contributed by atoms with E-state index in [1.165, 1.54) is 6.07 Å². The third-order valence-electron chi connectivity index (χ3n) is 7.16. The van der Waals surface area contributed by atoms with Crippen molar-refractivity contribution < 1.29 is 18.7 Å². The average Bonchev–Trinajstić information content (AvgIpc) is 3.36. The van der Waals surface area contributed by atoms with Gasteiger partial charge in [0.2, 0.25) is 11.8 Å². The van der Waals surface area contributed by atoms with E-state index in [-0.39, 0.29) is 36.5 Å². The molecule has 2 amide bonds. The van der Waals surface area contributed by atoms with Gasteiger partial charge >= 0.3 is 0 Å². The largest absolute Gasteiger partial charge is 0.381 e. The van der Waals surface area contributed by atoms with Crippen molar-refractivity contribution in [2.75, 3.05) is 18.5 Å². The lowest BCUT2D eigenvalue weighted by atomic mass is 9.93. The minimum absolute atomic E-state index is 0.111. The van der Waals surface area contributed by atoms with E-state index in [1.807, 2.05) is 17.8 Å². The minimum Gasteiger partial charge on any atom is -0.381 e. The molecular formula is C28H38BFN6O3. The van der Waals surface area contributed by atoms with E-state index in [0.717, 1.165) is 72.6 Å². The SMILES string of the molecule is Bc1cc(CNC(=O)CCCC(=O)NCc2c(CC)nc3c(cnn3CC)c2NC2CCOCC2)ccc1F. The summed E-state index contributed by atoms with van der Waals surface area (Å²) in [5.74, 6) is -0.510. The lowest BCUT2D eigenvalue weighted by molar-refractivity contribution is -0.122. The molecule has 1 aliphatic heterocycles. The topological polar surface area (TPSA) is 110 Å². The highest BCUT2D eigenvalue weighted by atomic mass is 19.1. The van der Waals surface area contributed by atoms with Gasteiger partial charge in [-0.3, -0.25) is 9.59 Å². The molecule has 0 saturated carbocycles. The van der Waals surface area contributed by atoms with Crippen molar-refractivity contribution in [2.45, 2.75) is 78.0 Å². The second kappa shape index (κ2) is 13.6. The number of pyridine rings is 1. The Labute approximate surface area is 229 Å². The monoisotopic (exact) mass is 536 g/mol. The normalized spacial score (nSPS) is 13.9. The number of aryl methyl sites for hydroxylation is 2. The number of hydrogen-bond acceptors (Lipinski definition) is 6. The van der Waals surface area contributed by atoms with Crippen LogP contribution in [0, 0.1) is 5.82 Å². The van der Waals surface area contributed by atoms with Crippen molar-refractivity contribution in [3.05, 3.63) is 47.0 Å². The maximum absolute atomic E-state index is 13.4. The van der Waals surface area contributed by atoms with Crippen molar-refractivity contribution in [3.63, 3.8) is 0 Å². The molecule has 4 rings (SSSR count). The number of nitrogens with one attached hydrogen (secondary N) is 3. The summed E-state index contributed by atoms with van der Waals surface area (Å²) in [4.78, 5) is 29.9. The van der Waals surface area contributed by atoms with Gasteiger partial charge in [0.1, 0.15) is 13.7 Å². The molecule has 3 heterocycles. The fraction of sp³-hybridized carbons (Fsp3) is 0.500. The highest BCUT2D eigenvalue weighted by molar-refractivity contribution is 6.32. The van der Waals surface area contributed by atoms with Gasteiger partial charge in [-0.25, -0.2) is 14.1 Å². The Hall–Kier alpha value is -3.47. The third kappa shape index (κ3) is 7.35. The van der Waals surface area contributed by atoms with Crippen LogP contribution in [0.1, 0.15) is 62.8 Å². The van der Waals surface area contributed by atoms with Crippen LogP contribution in [0.25, 0.3) is 11.0 Å². The van der Waals surface area contributed by atoms with E-state index < -0.39 is 0 Å². The summed E-state index contributed by atoms with van der Waals surface area (Å²) < 4.78 is 20.9. The molecule has 3 aromatic rings. The van der Waals surface area contributed by atoms with Crippen LogP contribution in [0.15, 0.2) is 24.4 Å². The molecular weight excluding hydrogens is 498 g/mol. The molecule has 3 N–H and O–H groups in total. The number of benzene rings is 1. The number of anilines is 1. The molecule has 0 aliphatic carbocycles. The second-order valence-electron chi connectivity index (χ2n) is 9.98. The summed E-state index contributed by atoms with van der Waals surface area (Å²) in [6, 6.07) is 5.06. The smallest absolute Gasteiger partial charge is 0.220 e. The number of aromatic nitrogens is 3. The van der Waals surface area contributed by atoms with E-state index >= 15 is 0 Å². The van der Waals surface area contributed by atoms with Crippen LogP contribution < -0.4 is 21.4 Å². The summed E-state index contributed by atoms with van der Waals surface area (Å²) in [6.45, 7) is 6.97. The Morgan fingerprint density at radius 1 is 1.13 bits per heavy atom. The van der Waals surface area contributed by atoms with Crippen molar-refractivity contribution >= 4 is 41.8 Å². The minimum atomic E-state index is -0.264. The van der Waals surface area contributed by atoms with Crippen LogP contribution in [0.3, 0.4) is 0 Å². The molecule has 9 nitrogen and oxygen atoms in total. The molecule has 208 valence electrons. The molecule has 0 atom stereocenters. The lowest BCUT2D eigenvalue weighted by Crippen LogP contribution is -2.30. The van der Waals surface area contributed by atoms with Gasteiger partial charge in [-0.1, -0.05) is 24.5 Å². The quantitative estimate of drug-likeness (QED) is 0.306. The number of amides is 2. The predicted octanol–water partition coefficient (Wildman–Crippen LogP) is 2.10. The molecule has 0 radical (unpaired) electrons. The molecule has 1 saturated heterocycles. The predicted molar refractivity (Wildman–Crippen MR) is 152 cm³/mol. The van der Waals surface area contributed by atoms with E-state index in [1.54, 1.807) is 20.0 Å². The number of halogens is 1. The molecule has 1 fully saturated rings. The maximum atomic E-state index is 13.4. The van der Waals surface area contributed by atoms with Gasteiger partial charge in [0.05, 0.1) is 17.3 Å². The van der Waals surface area contributed by atoms with Crippen molar-refractivity contribution in [3.8, 4) is 0 Å². The standard InChI is InChI=1S/C28H38BFN6O3/c1-3-24-20(27(34-19-10-12-39-13-11-19)21-17-33-36(4-2)28(21)35-24)16-32-26(38)7-5-6-25(37)31-15-18-8-9-23(30)22(29)14-18/h8-9,14,17,19H,3-7,10-13,15-16,29H2,1-2H3,(H,31,37)(H,32,38)(H,34,35). The van der Waals surface area contributed by atoms with Crippen LogP contribution in [0.2, 0.25) is 0 Å². The van der Waals surface area contributed by atoms with Gasteiger partial charge in [-0.05, 0) is 44.2 Å². The zero-order valence-corrected chi connectivity index (χ0v) is 23.1. The maximum Gasteiger partial charge on any atom is 0.220 e. The summed E-state index contributed by atoms with van der Waals surface area (Å²) >= 11 is 0. The summed E-state index contributed by atoms with van der Waals surface area (Å²) in [5.41, 5.74) is 5.13. The number of rotatable bonds is 12. The zero-order valence-electron chi connectivity index (χ0n) is 23.1. The Morgan fingerprint density at radius 2 is 1.85 bits per heavy atom. The molecule has 2 aromatic heterocycles. The highest BCUT2D eigenvalue weighted by Gasteiger charge is 2.22. The first-order valence-corrected chi connectivity index (χ1v) is 13.9. The number of hydrogen-bond donors (Lipinski definition) is 3. The second-order valence-corrected chi connectivity index (χ2v) is 9.98. The van der Waals surface area contributed by atoms with Gasteiger partial charge in [-0.15, -0.1) is 0 Å². The Morgan fingerprint density at radius 3 is 2.51 bits per heavy atom. The summed E-state index contributed by atoms with van der Waals surface area (Å²) in [6.07, 6.45) is 5.35. The summed E-state index contributed by atoms with van der Waals surface area (Å²) in [5, 5.41) is 15.1. The van der Waals surface area contributed by atoms with E-state index in [2.05, 4.69) is 28.0 Å². The lowest BCUT2D eigenvalue weighted by Gasteiger charge is -2.26. The number of carbonyl (C=O) groups is 2. The Kier molecular flexibility index (Phi) is 9.92. The van der Waals surface area contributed by atoms with Gasteiger partial charge in [-0.2, -0.15) is 5.10 Å². The fourth-order valence-electron chi connectivity index (χ4n) is 4.89. The number of fused-ring (bicyclic) bond motifs is 1. The first-order chi connectivity index (χ1) is 18.9. The zero-order chi connectivity index (χ0) is 27.8. The number of carbonyl (C=O) groups excluding carboxylic acids is 2. The fourth-order valence-corrected chi connectivity index (χ4v) is 4.89. The van der Waals surface area contributed by atoms with Gasteiger partial charge in [0, 0.05) is 63.0 Å². The van der Waals surface area contributed by atoms with Crippen LogP contribution in [0.4, 0.5) is 10.1 Å². The van der Waals surface area contributed by atoms with Crippen molar-refractivity contribution in [2.24, 2.45) is 0 Å². The Balaban J connectivity index is 1.35. The summed E-state index contributed by atoms with van der Waals surface area (Å²) in [7, 11) is 1.69. The molecule has 0 bridgehead atoms. The molecule has 1 aliphatic rings. The van der Waals surface area contributed by atoms with Crippen LogP contribution in [0.5, 0.6) is 0 Å². The van der Waals surface area contributed by atoms with Gasteiger partial charge in [0.15, 0.2) is 5.65 Å². The first-order valence-electron chi connectivity index (χ1n) is 13.9. The molecule has 0 spiro atoms. The van der Waals surface area contributed by atoms with Gasteiger partial charge in [0.25, 0.3) is 0 Å². The number of nitrogens with zero attached hydrogens (tertiary/aromatic N) is 3. The van der Waals surface area contributed by atoms with Crippen molar-refractivity contribution in [1.82, 2.24) is 25.4 Å².